The molecule has 0 atom stereocenters. The lowest BCUT2D eigenvalue weighted by molar-refractivity contribution is 0.645. The Morgan fingerprint density at radius 2 is 2.38 bits per heavy atom. The van der Waals surface area contributed by atoms with E-state index in [9.17, 15) is 0 Å². The minimum Gasteiger partial charge on any atom is -0.349 e. The summed E-state index contributed by atoms with van der Waals surface area (Å²) in [5, 5.41) is 3.43. The van der Waals surface area contributed by atoms with Crippen LogP contribution in [0.3, 0.4) is 0 Å². The second kappa shape index (κ2) is 6.18. The Labute approximate surface area is 107 Å². The van der Waals surface area contributed by atoms with Crippen LogP contribution in [0.2, 0.25) is 0 Å². The van der Waals surface area contributed by atoms with Gasteiger partial charge in [0.05, 0.1) is 3.79 Å². The summed E-state index contributed by atoms with van der Waals surface area (Å²) in [7, 11) is 0. The number of hydrogen-bond acceptors (Lipinski definition) is 3. The number of aromatic nitrogens is 2. The Morgan fingerprint density at radius 1 is 1.44 bits per heavy atom. The highest BCUT2D eigenvalue weighted by Crippen LogP contribution is 2.21. The molecule has 0 bridgehead atoms. The molecule has 0 saturated heterocycles. The van der Waals surface area contributed by atoms with Crippen molar-refractivity contribution >= 4 is 27.3 Å². The SMILES string of the molecule is Brc1ccc(CNCCCc2ncc[nH]2)s1. The molecule has 0 aliphatic carbocycles. The molecular formula is C11H14BrN3S. The first-order valence-electron chi connectivity index (χ1n) is 5.28. The van der Waals surface area contributed by atoms with E-state index in [2.05, 4.69) is 43.3 Å². The number of aromatic amines is 1. The number of nitrogens with zero attached hydrogens (tertiary/aromatic N) is 1. The monoisotopic (exact) mass is 299 g/mol. The van der Waals surface area contributed by atoms with Gasteiger partial charge in [-0.15, -0.1) is 11.3 Å². The fourth-order valence-electron chi connectivity index (χ4n) is 1.47. The van der Waals surface area contributed by atoms with E-state index in [1.54, 1.807) is 17.5 Å². The molecule has 0 aliphatic heterocycles. The molecule has 2 aromatic rings. The molecule has 2 rings (SSSR count). The standard InChI is InChI=1S/C11H14BrN3S/c12-10-4-3-9(16-10)8-13-5-1-2-11-14-6-7-15-11/h3-4,6-7,13H,1-2,5,8H2,(H,14,15). The van der Waals surface area contributed by atoms with Gasteiger partial charge in [-0.05, 0) is 41.0 Å². The molecule has 3 nitrogen and oxygen atoms in total. The van der Waals surface area contributed by atoms with Gasteiger partial charge in [-0.2, -0.15) is 0 Å². The average molecular weight is 300 g/mol. The summed E-state index contributed by atoms with van der Waals surface area (Å²) in [6, 6.07) is 4.23. The Bertz CT molecular complexity index is 411. The maximum atomic E-state index is 4.19. The highest BCUT2D eigenvalue weighted by Gasteiger charge is 1.97. The quantitative estimate of drug-likeness (QED) is 0.805. The normalized spacial score (nSPS) is 10.8. The molecule has 2 heterocycles. The van der Waals surface area contributed by atoms with Crippen LogP contribution in [0.25, 0.3) is 0 Å². The zero-order chi connectivity index (χ0) is 11.2. The lowest BCUT2D eigenvalue weighted by Crippen LogP contribution is -2.14. The first-order chi connectivity index (χ1) is 7.84. The molecule has 0 saturated carbocycles. The van der Waals surface area contributed by atoms with Crippen LogP contribution >= 0.6 is 27.3 Å². The molecular weight excluding hydrogens is 286 g/mol. The Kier molecular flexibility index (Phi) is 4.56. The van der Waals surface area contributed by atoms with E-state index < -0.39 is 0 Å². The number of imidazole rings is 1. The summed E-state index contributed by atoms with van der Waals surface area (Å²) in [5.74, 6) is 1.07. The van der Waals surface area contributed by atoms with Gasteiger partial charge in [-0.3, -0.25) is 0 Å². The molecule has 86 valence electrons. The van der Waals surface area contributed by atoms with Crippen molar-refractivity contribution in [3.8, 4) is 0 Å². The second-order valence-corrected chi connectivity index (χ2v) is 6.07. The summed E-state index contributed by atoms with van der Waals surface area (Å²) in [5.41, 5.74) is 0. The van der Waals surface area contributed by atoms with Gasteiger partial charge in [0.15, 0.2) is 0 Å². The Balaban J connectivity index is 1.59. The topological polar surface area (TPSA) is 40.7 Å². The minimum absolute atomic E-state index is 0.953. The van der Waals surface area contributed by atoms with E-state index in [-0.39, 0.29) is 0 Å². The van der Waals surface area contributed by atoms with Crippen LogP contribution in [-0.2, 0) is 13.0 Å². The number of rotatable bonds is 6. The molecule has 0 fully saturated rings. The van der Waals surface area contributed by atoms with E-state index in [0.29, 0.717) is 0 Å². The van der Waals surface area contributed by atoms with Crippen molar-refractivity contribution < 1.29 is 0 Å². The van der Waals surface area contributed by atoms with Gasteiger partial charge in [-0.25, -0.2) is 4.98 Å². The number of aryl methyl sites for hydroxylation is 1. The van der Waals surface area contributed by atoms with E-state index in [1.807, 2.05) is 6.20 Å². The van der Waals surface area contributed by atoms with Gasteiger partial charge in [0.2, 0.25) is 0 Å². The molecule has 16 heavy (non-hydrogen) atoms. The van der Waals surface area contributed by atoms with Crippen molar-refractivity contribution in [1.29, 1.82) is 0 Å². The maximum absolute atomic E-state index is 4.19. The van der Waals surface area contributed by atoms with Gasteiger partial charge < -0.3 is 10.3 Å². The summed E-state index contributed by atoms with van der Waals surface area (Å²) in [6.07, 6.45) is 5.78. The van der Waals surface area contributed by atoms with Crippen LogP contribution in [0, 0.1) is 0 Å². The third-order valence-corrected chi connectivity index (χ3v) is 3.87. The largest absolute Gasteiger partial charge is 0.349 e. The van der Waals surface area contributed by atoms with E-state index in [1.165, 1.54) is 8.66 Å². The molecule has 0 aromatic carbocycles. The highest BCUT2D eigenvalue weighted by atomic mass is 79.9. The number of thiophene rings is 1. The van der Waals surface area contributed by atoms with Crippen LogP contribution in [0.15, 0.2) is 28.3 Å². The first kappa shape index (κ1) is 11.8. The summed E-state index contributed by atoms with van der Waals surface area (Å²) < 4.78 is 1.19. The van der Waals surface area contributed by atoms with Gasteiger partial charge in [0, 0.05) is 30.2 Å². The third-order valence-electron chi connectivity index (χ3n) is 2.25. The molecule has 0 aliphatic rings. The second-order valence-electron chi connectivity index (χ2n) is 3.52. The van der Waals surface area contributed by atoms with Crippen molar-refractivity contribution in [3.05, 3.63) is 39.0 Å². The fourth-order valence-corrected chi connectivity index (χ4v) is 2.93. The third kappa shape index (κ3) is 3.73. The number of hydrogen-bond donors (Lipinski definition) is 2. The molecule has 0 amide bonds. The van der Waals surface area contributed by atoms with Gasteiger partial charge in [-0.1, -0.05) is 0 Å². The number of halogens is 1. The van der Waals surface area contributed by atoms with Crippen LogP contribution in [0.5, 0.6) is 0 Å². The predicted molar refractivity (Wildman–Crippen MR) is 70.6 cm³/mol. The molecule has 2 N–H and O–H groups in total. The van der Waals surface area contributed by atoms with Crippen molar-refractivity contribution in [2.45, 2.75) is 19.4 Å². The summed E-state index contributed by atoms with van der Waals surface area (Å²) >= 11 is 5.24. The number of nitrogens with one attached hydrogen (secondary N) is 2. The van der Waals surface area contributed by atoms with Gasteiger partial charge >= 0.3 is 0 Å². The van der Waals surface area contributed by atoms with Gasteiger partial charge in [0.25, 0.3) is 0 Å². The summed E-state index contributed by atoms with van der Waals surface area (Å²) in [4.78, 5) is 8.66. The highest BCUT2D eigenvalue weighted by molar-refractivity contribution is 9.11. The van der Waals surface area contributed by atoms with E-state index >= 15 is 0 Å². The van der Waals surface area contributed by atoms with Crippen molar-refractivity contribution in [1.82, 2.24) is 15.3 Å². The fraction of sp³-hybridized carbons (Fsp3) is 0.364. The van der Waals surface area contributed by atoms with Crippen molar-refractivity contribution in [3.63, 3.8) is 0 Å². The molecule has 0 unspecified atom stereocenters. The van der Waals surface area contributed by atoms with Crippen molar-refractivity contribution in [2.24, 2.45) is 0 Å². The molecule has 0 radical (unpaired) electrons. The van der Waals surface area contributed by atoms with Crippen LogP contribution in [0.4, 0.5) is 0 Å². The van der Waals surface area contributed by atoms with E-state index in [0.717, 1.165) is 31.8 Å². The maximum Gasteiger partial charge on any atom is 0.106 e. The van der Waals surface area contributed by atoms with Crippen LogP contribution in [0.1, 0.15) is 17.1 Å². The smallest absolute Gasteiger partial charge is 0.106 e. The molecule has 5 heteroatoms. The van der Waals surface area contributed by atoms with Crippen LogP contribution in [-0.4, -0.2) is 16.5 Å². The Morgan fingerprint density at radius 3 is 3.06 bits per heavy atom. The lowest BCUT2D eigenvalue weighted by atomic mass is 10.3. The minimum atomic E-state index is 0.953. The lowest BCUT2D eigenvalue weighted by Gasteiger charge is -2.01. The first-order valence-corrected chi connectivity index (χ1v) is 6.89. The average Bonchev–Trinajstić information content (AvgIpc) is 2.89. The van der Waals surface area contributed by atoms with Crippen molar-refractivity contribution in [2.75, 3.05) is 6.54 Å². The summed E-state index contributed by atoms with van der Waals surface area (Å²) in [6.45, 7) is 1.98. The Hall–Kier alpha value is -0.650. The van der Waals surface area contributed by atoms with Crippen LogP contribution < -0.4 is 5.32 Å². The van der Waals surface area contributed by atoms with Gasteiger partial charge in [0.1, 0.15) is 5.82 Å². The van der Waals surface area contributed by atoms with E-state index in [4.69, 9.17) is 0 Å². The predicted octanol–water partition coefficient (Wildman–Crippen LogP) is 2.96. The number of H-pyrrole nitrogens is 1. The molecule has 0 spiro atoms. The zero-order valence-electron chi connectivity index (χ0n) is 8.87. The molecule has 2 aromatic heterocycles. The zero-order valence-corrected chi connectivity index (χ0v) is 11.3.